The highest BCUT2D eigenvalue weighted by atomic mass is 79.9. The zero-order valence-corrected chi connectivity index (χ0v) is 20.2. The molecule has 0 aromatic heterocycles. The second-order valence-corrected chi connectivity index (χ2v) is 9.85. The summed E-state index contributed by atoms with van der Waals surface area (Å²) >= 11 is 3.37. The van der Waals surface area contributed by atoms with Crippen LogP contribution < -0.4 is 14.8 Å². The van der Waals surface area contributed by atoms with E-state index in [-0.39, 0.29) is 11.3 Å². The number of hydrogen-bond acceptors (Lipinski definition) is 4. The highest BCUT2D eigenvalue weighted by Crippen LogP contribution is 2.22. The number of sulfonamides is 1. The molecule has 0 heterocycles. The average Bonchev–Trinajstić information content (AvgIpc) is 2.75. The fourth-order valence-electron chi connectivity index (χ4n) is 3.20. The third-order valence-corrected chi connectivity index (χ3v) is 6.71. The molecule has 0 aliphatic carbocycles. The minimum atomic E-state index is -3.95. The first-order chi connectivity index (χ1) is 15.3. The summed E-state index contributed by atoms with van der Waals surface area (Å²) in [5.74, 6) is 0.179. The number of ether oxygens (including phenoxy) is 1. The van der Waals surface area contributed by atoms with Crippen LogP contribution in [0.3, 0.4) is 0 Å². The Labute approximate surface area is 197 Å². The number of carbonyl (C=O) groups excluding carboxylic acids is 1. The van der Waals surface area contributed by atoms with Gasteiger partial charge in [-0.25, -0.2) is 8.42 Å². The van der Waals surface area contributed by atoms with Crippen LogP contribution in [0.2, 0.25) is 0 Å². The van der Waals surface area contributed by atoms with Crippen LogP contribution in [0.15, 0.2) is 82.2 Å². The van der Waals surface area contributed by atoms with Crippen molar-refractivity contribution in [1.82, 2.24) is 4.72 Å². The van der Waals surface area contributed by atoms with Crippen molar-refractivity contribution in [2.24, 2.45) is 0 Å². The predicted octanol–water partition coefficient (Wildman–Crippen LogP) is 4.68. The summed E-state index contributed by atoms with van der Waals surface area (Å²) in [5.41, 5.74) is 2.11. The quantitative estimate of drug-likeness (QED) is 0.432. The van der Waals surface area contributed by atoms with Crippen molar-refractivity contribution in [2.75, 3.05) is 11.9 Å². The van der Waals surface area contributed by atoms with Crippen LogP contribution in [-0.4, -0.2) is 27.0 Å². The Bertz CT molecular complexity index is 1180. The third-order valence-electron chi connectivity index (χ3n) is 4.75. The number of carbonyl (C=O) groups is 1. The number of aryl methyl sites for hydroxylation is 1. The summed E-state index contributed by atoms with van der Waals surface area (Å²) in [6.07, 6.45) is 0.204. The molecule has 0 saturated heterocycles. The lowest BCUT2D eigenvalue weighted by atomic mass is 10.1. The molecule has 8 heteroatoms. The van der Waals surface area contributed by atoms with Gasteiger partial charge in [0.15, 0.2) is 0 Å². The van der Waals surface area contributed by atoms with Gasteiger partial charge in [-0.2, -0.15) is 4.72 Å². The van der Waals surface area contributed by atoms with E-state index >= 15 is 0 Å². The van der Waals surface area contributed by atoms with Crippen molar-refractivity contribution in [2.45, 2.75) is 31.2 Å². The van der Waals surface area contributed by atoms with Crippen molar-refractivity contribution < 1.29 is 17.9 Å². The number of rotatable bonds is 9. The van der Waals surface area contributed by atoms with E-state index in [4.69, 9.17) is 4.74 Å². The van der Waals surface area contributed by atoms with Crippen LogP contribution >= 0.6 is 15.9 Å². The normalized spacial score (nSPS) is 12.2. The predicted molar refractivity (Wildman–Crippen MR) is 129 cm³/mol. The van der Waals surface area contributed by atoms with Gasteiger partial charge in [0.25, 0.3) is 0 Å². The van der Waals surface area contributed by atoms with E-state index in [1.165, 1.54) is 6.07 Å². The molecule has 3 aromatic rings. The van der Waals surface area contributed by atoms with Crippen LogP contribution in [0.4, 0.5) is 5.69 Å². The topological polar surface area (TPSA) is 84.5 Å². The number of amides is 1. The standard InChI is InChI=1S/C24H25BrN2O4S/c1-3-31-23-13-12-21(14-17(23)2)32(29,30)27-22(15-18-8-5-4-6-9-18)24(28)26-20-11-7-10-19(25)16-20/h4-14,16,22,27H,3,15H2,1-2H3,(H,26,28)/t22-/m0/s1. The Hall–Kier alpha value is -2.68. The summed E-state index contributed by atoms with van der Waals surface area (Å²) < 4.78 is 35.1. The first-order valence-corrected chi connectivity index (χ1v) is 12.4. The Morgan fingerprint density at radius 2 is 1.78 bits per heavy atom. The van der Waals surface area contributed by atoms with Gasteiger partial charge in [0.05, 0.1) is 11.5 Å². The molecule has 168 valence electrons. The van der Waals surface area contributed by atoms with E-state index in [1.54, 1.807) is 37.3 Å². The molecule has 0 aliphatic heterocycles. The van der Waals surface area contributed by atoms with Crippen LogP contribution in [0, 0.1) is 6.92 Å². The first kappa shape index (κ1) is 24.0. The van der Waals surface area contributed by atoms with Gasteiger partial charge in [-0.05, 0) is 67.8 Å². The van der Waals surface area contributed by atoms with Gasteiger partial charge in [0.2, 0.25) is 15.9 Å². The highest BCUT2D eigenvalue weighted by Gasteiger charge is 2.26. The van der Waals surface area contributed by atoms with Crippen LogP contribution in [0.5, 0.6) is 5.75 Å². The van der Waals surface area contributed by atoms with Crippen molar-refractivity contribution in [3.05, 3.63) is 88.4 Å². The van der Waals surface area contributed by atoms with Crippen LogP contribution in [0.1, 0.15) is 18.1 Å². The van der Waals surface area contributed by atoms with E-state index < -0.39 is 22.0 Å². The second-order valence-electron chi connectivity index (χ2n) is 7.22. The molecule has 0 spiro atoms. The maximum Gasteiger partial charge on any atom is 0.242 e. The fourth-order valence-corrected chi connectivity index (χ4v) is 4.87. The molecule has 1 amide bonds. The summed E-state index contributed by atoms with van der Waals surface area (Å²) in [5, 5.41) is 2.80. The van der Waals surface area contributed by atoms with Crippen molar-refractivity contribution in [3.63, 3.8) is 0 Å². The Morgan fingerprint density at radius 1 is 1.03 bits per heavy atom. The van der Waals surface area contributed by atoms with E-state index in [9.17, 15) is 13.2 Å². The lowest BCUT2D eigenvalue weighted by molar-refractivity contribution is -0.117. The zero-order chi connectivity index (χ0) is 23.1. The van der Waals surface area contributed by atoms with Crippen molar-refractivity contribution in [3.8, 4) is 5.75 Å². The van der Waals surface area contributed by atoms with Gasteiger partial charge in [-0.3, -0.25) is 4.79 Å². The molecule has 0 unspecified atom stereocenters. The lowest BCUT2D eigenvalue weighted by Crippen LogP contribution is -2.45. The Kier molecular flexibility index (Phi) is 8.06. The number of nitrogens with one attached hydrogen (secondary N) is 2. The van der Waals surface area contributed by atoms with E-state index in [1.807, 2.05) is 43.3 Å². The summed E-state index contributed by atoms with van der Waals surface area (Å²) in [7, 11) is -3.95. The summed E-state index contributed by atoms with van der Waals surface area (Å²) in [4.78, 5) is 13.1. The molecule has 3 rings (SSSR count). The number of hydrogen-bond donors (Lipinski definition) is 2. The molecule has 3 aromatic carbocycles. The Morgan fingerprint density at radius 3 is 2.44 bits per heavy atom. The molecule has 1 atom stereocenters. The average molecular weight is 517 g/mol. The molecule has 32 heavy (non-hydrogen) atoms. The highest BCUT2D eigenvalue weighted by molar-refractivity contribution is 9.10. The van der Waals surface area contributed by atoms with Crippen LogP contribution in [0.25, 0.3) is 0 Å². The molecule has 0 aliphatic rings. The second kappa shape index (κ2) is 10.8. The molecule has 6 nitrogen and oxygen atoms in total. The van der Waals surface area contributed by atoms with Gasteiger partial charge in [-0.15, -0.1) is 0 Å². The minimum Gasteiger partial charge on any atom is -0.494 e. The molecule has 0 fully saturated rings. The minimum absolute atomic E-state index is 0.0757. The van der Waals surface area contributed by atoms with Crippen molar-refractivity contribution in [1.29, 1.82) is 0 Å². The molecular formula is C24H25BrN2O4S. The molecule has 0 bridgehead atoms. The zero-order valence-electron chi connectivity index (χ0n) is 17.8. The number of benzene rings is 3. The van der Waals surface area contributed by atoms with Gasteiger partial charge < -0.3 is 10.1 Å². The van der Waals surface area contributed by atoms with Crippen LogP contribution in [-0.2, 0) is 21.2 Å². The monoisotopic (exact) mass is 516 g/mol. The SMILES string of the molecule is CCOc1ccc(S(=O)(=O)N[C@@H](Cc2ccccc2)C(=O)Nc2cccc(Br)c2)cc1C. The maximum atomic E-state index is 13.1. The Balaban J connectivity index is 1.87. The van der Waals surface area contributed by atoms with Crippen molar-refractivity contribution >= 4 is 37.5 Å². The van der Waals surface area contributed by atoms with Gasteiger partial charge in [0, 0.05) is 10.2 Å². The summed E-state index contributed by atoms with van der Waals surface area (Å²) in [6, 6.07) is 20.0. The maximum absolute atomic E-state index is 13.1. The van der Waals surface area contributed by atoms with E-state index in [0.29, 0.717) is 23.6 Å². The van der Waals surface area contributed by atoms with Gasteiger partial charge in [0.1, 0.15) is 11.8 Å². The fraction of sp³-hybridized carbons (Fsp3) is 0.208. The summed E-state index contributed by atoms with van der Waals surface area (Å²) in [6.45, 7) is 4.13. The largest absolute Gasteiger partial charge is 0.494 e. The first-order valence-electron chi connectivity index (χ1n) is 10.1. The number of anilines is 1. The molecule has 0 radical (unpaired) electrons. The third kappa shape index (κ3) is 6.41. The lowest BCUT2D eigenvalue weighted by Gasteiger charge is -2.19. The van der Waals surface area contributed by atoms with E-state index in [2.05, 4.69) is 26.0 Å². The van der Waals surface area contributed by atoms with E-state index in [0.717, 1.165) is 10.0 Å². The molecule has 2 N–H and O–H groups in total. The van der Waals surface area contributed by atoms with Gasteiger partial charge in [-0.1, -0.05) is 52.3 Å². The van der Waals surface area contributed by atoms with Gasteiger partial charge >= 0.3 is 0 Å². The smallest absolute Gasteiger partial charge is 0.242 e. The number of halogens is 1. The molecular weight excluding hydrogens is 492 g/mol. The molecule has 0 saturated carbocycles.